The number of rotatable bonds is 12. The van der Waals surface area contributed by atoms with Gasteiger partial charge in [0, 0.05) is 5.41 Å². The molecule has 0 aromatic rings. The lowest BCUT2D eigenvalue weighted by molar-refractivity contribution is -0.366. The minimum absolute atomic E-state index is 0.0504. The number of aliphatic hydroxyl groups excluding tert-OH is 15. The van der Waals surface area contributed by atoms with Gasteiger partial charge in [0.2, 0.25) is 6.29 Å². The number of carbonyl (C=O) groups is 1. The topological polar surface area (TPSA) is 394 Å². The maximum atomic E-state index is 15.6. The van der Waals surface area contributed by atoms with Crippen LogP contribution < -0.4 is 0 Å². The number of allylic oxidation sites excluding steroid dienone is 2. The fourth-order valence-corrected chi connectivity index (χ4v) is 16.5. The molecule has 8 fully saturated rings. The normalized spacial score (nSPS) is 55.1. The number of hydrogen-bond acceptors (Lipinski definition) is 24. The minimum atomic E-state index is -1.96. The molecule has 0 unspecified atom stereocenters. The molecule has 24 heteroatoms. The van der Waals surface area contributed by atoms with E-state index < -0.39 is 195 Å². The van der Waals surface area contributed by atoms with E-state index in [9.17, 15) is 76.6 Å². The summed E-state index contributed by atoms with van der Waals surface area (Å²) in [6.45, 7) is 11.8. The summed E-state index contributed by atoms with van der Waals surface area (Å²) in [4.78, 5) is 15.6. The van der Waals surface area contributed by atoms with Gasteiger partial charge in [-0.05, 0) is 104 Å². The van der Waals surface area contributed by atoms with E-state index in [0.717, 1.165) is 5.57 Å². The summed E-state index contributed by atoms with van der Waals surface area (Å²) >= 11 is 0. The molecule has 4 saturated carbocycles. The summed E-state index contributed by atoms with van der Waals surface area (Å²) in [6.07, 6.45) is -28.4. The number of esters is 1. The van der Waals surface area contributed by atoms with Crippen molar-refractivity contribution >= 4 is 5.97 Å². The fourth-order valence-electron chi connectivity index (χ4n) is 16.5. The fraction of sp³-hybridized carbons (Fsp3) is 0.944. The van der Waals surface area contributed by atoms with Gasteiger partial charge in [-0.3, -0.25) is 4.79 Å². The third kappa shape index (κ3) is 9.76. The van der Waals surface area contributed by atoms with Crippen molar-refractivity contribution in [1.82, 2.24) is 0 Å². The van der Waals surface area contributed by atoms with Gasteiger partial charge in [-0.25, -0.2) is 0 Å². The minimum Gasteiger partial charge on any atom is -0.432 e. The smallest absolute Gasteiger partial charge is 0.315 e. The van der Waals surface area contributed by atoms with Gasteiger partial charge in [0.05, 0.1) is 50.2 Å². The lowest BCUT2D eigenvalue weighted by Crippen LogP contribution is -2.69. The first-order valence-electron chi connectivity index (χ1n) is 27.9. The highest BCUT2D eigenvalue weighted by Gasteiger charge is 2.72. The zero-order valence-corrected chi connectivity index (χ0v) is 45.6. The average Bonchev–Trinajstić information content (AvgIpc) is 2.94. The molecule has 30 atom stereocenters. The van der Waals surface area contributed by atoms with E-state index in [0.29, 0.717) is 51.4 Å². The molecular formula is C54H88O24. The van der Waals surface area contributed by atoms with Gasteiger partial charge >= 0.3 is 5.97 Å². The zero-order chi connectivity index (χ0) is 57.1. The van der Waals surface area contributed by atoms with Crippen LogP contribution in [0, 0.1) is 50.2 Å². The Balaban J connectivity index is 1.00. The second kappa shape index (κ2) is 22.1. The van der Waals surface area contributed by atoms with Crippen molar-refractivity contribution in [2.24, 2.45) is 50.2 Å². The molecule has 9 rings (SSSR count). The van der Waals surface area contributed by atoms with Gasteiger partial charge in [-0.2, -0.15) is 0 Å². The van der Waals surface area contributed by atoms with Crippen LogP contribution in [0.5, 0.6) is 0 Å². The molecule has 0 amide bonds. The summed E-state index contributed by atoms with van der Waals surface area (Å²) in [5.41, 5.74) is -2.91. The standard InChI is InChI=1S/C54H88O24/c1-22-31(59)35(63)40(68)45(72-22)76-42-38(66)34(62)28(20-71-44-39(67)36(64)32(60)26(18-55)73-44)75-47(42)78-48(70)54-14-12-49(2,3)16-24(54)23-8-9-30-50(4)17-25(58)43(77-46-41(69)37(65)33(61)27(19-56)74-46)51(5,21-57)29(50)10-11-53(30,7)52(23,6)13-15-54/h8,22,24-47,55-69H,9-21H2,1-7H3/t22-,24-,25-,26+,27+,28+,29+,30+,31-,32+,33+,34+,35+,36-,37-,38-,39+,40+,41+,42+,43-,44+,45-,46-,47-,50-,51-,52+,53+,54-/m0/s1. The predicted molar refractivity (Wildman–Crippen MR) is 264 cm³/mol. The van der Waals surface area contributed by atoms with Crippen LogP contribution in [-0.4, -0.2) is 244 Å². The molecule has 0 radical (unpaired) electrons. The monoisotopic (exact) mass is 1120 g/mol. The zero-order valence-electron chi connectivity index (χ0n) is 45.6. The molecule has 448 valence electrons. The van der Waals surface area contributed by atoms with E-state index in [1.807, 2.05) is 6.92 Å². The Labute approximate surface area is 453 Å². The molecule has 0 spiro atoms. The average molecular weight is 1120 g/mol. The third-order valence-corrected chi connectivity index (χ3v) is 21.5. The Morgan fingerprint density at radius 3 is 1.76 bits per heavy atom. The van der Waals surface area contributed by atoms with Crippen molar-refractivity contribution in [3.05, 3.63) is 11.6 Å². The van der Waals surface area contributed by atoms with Crippen LogP contribution in [-0.2, 0) is 42.7 Å². The van der Waals surface area contributed by atoms with Gasteiger partial charge in [-0.1, -0.05) is 53.2 Å². The highest BCUT2D eigenvalue weighted by atomic mass is 16.8. The first kappa shape index (κ1) is 60.9. The summed E-state index contributed by atoms with van der Waals surface area (Å²) in [5.74, 6) is -1.33. The van der Waals surface area contributed by atoms with Crippen LogP contribution in [0.15, 0.2) is 11.6 Å². The number of ether oxygens (including phenoxy) is 8. The number of carbonyl (C=O) groups excluding carboxylic acids is 1. The largest absolute Gasteiger partial charge is 0.432 e. The van der Waals surface area contributed by atoms with E-state index in [2.05, 4.69) is 40.7 Å². The van der Waals surface area contributed by atoms with Crippen LogP contribution in [0.3, 0.4) is 0 Å². The highest BCUT2D eigenvalue weighted by molar-refractivity contribution is 5.79. The van der Waals surface area contributed by atoms with Crippen LogP contribution in [0.4, 0.5) is 0 Å². The Morgan fingerprint density at radius 1 is 0.590 bits per heavy atom. The Hall–Kier alpha value is -1.67. The number of hydrogen-bond donors (Lipinski definition) is 15. The number of aliphatic hydroxyl groups is 15. The molecule has 0 aromatic heterocycles. The summed E-state index contributed by atoms with van der Waals surface area (Å²) in [5, 5.41) is 162. The molecule has 4 aliphatic heterocycles. The summed E-state index contributed by atoms with van der Waals surface area (Å²) in [6, 6.07) is 0. The van der Waals surface area contributed by atoms with Gasteiger partial charge in [-0.15, -0.1) is 0 Å². The van der Waals surface area contributed by atoms with Crippen LogP contribution in [0.25, 0.3) is 0 Å². The lowest BCUT2D eigenvalue weighted by atomic mass is 9.33. The molecule has 0 aromatic carbocycles. The molecule has 9 aliphatic rings. The van der Waals surface area contributed by atoms with Crippen LogP contribution in [0.2, 0.25) is 0 Å². The molecule has 15 N–H and O–H groups in total. The molecule has 24 nitrogen and oxygen atoms in total. The molecule has 4 heterocycles. The summed E-state index contributed by atoms with van der Waals surface area (Å²) in [7, 11) is 0. The number of fused-ring (bicyclic) bond motifs is 7. The van der Waals surface area contributed by atoms with Crippen molar-refractivity contribution in [1.29, 1.82) is 0 Å². The lowest BCUT2D eigenvalue weighted by Gasteiger charge is -2.72. The van der Waals surface area contributed by atoms with E-state index in [4.69, 9.17) is 37.9 Å². The van der Waals surface area contributed by atoms with Crippen LogP contribution in [0.1, 0.15) is 106 Å². The first-order chi connectivity index (χ1) is 36.5. The maximum Gasteiger partial charge on any atom is 0.315 e. The van der Waals surface area contributed by atoms with Gasteiger partial charge in [0.25, 0.3) is 0 Å². The van der Waals surface area contributed by atoms with Gasteiger partial charge in [0.15, 0.2) is 25.0 Å². The third-order valence-electron chi connectivity index (χ3n) is 21.5. The molecule has 78 heavy (non-hydrogen) atoms. The first-order valence-corrected chi connectivity index (χ1v) is 27.9. The molecule has 4 saturated heterocycles. The second-order valence-corrected chi connectivity index (χ2v) is 26.3. The van der Waals surface area contributed by atoms with Crippen molar-refractivity contribution in [2.45, 2.75) is 241 Å². The van der Waals surface area contributed by atoms with Gasteiger partial charge < -0.3 is 114 Å². The second-order valence-electron chi connectivity index (χ2n) is 26.3. The Bertz CT molecular complexity index is 2150. The van der Waals surface area contributed by atoms with E-state index in [1.165, 1.54) is 6.92 Å². The van der Waals surface area contributed by atoms with Crippen LogP contribution >= 0.6 is 0 Å². The molecule has 5 aliphatic carbocycles. The Kier molecular flexibility index (Phi) is 17.2. The van der Waals surface area contributed by atoms with Crippen molar-refractivity contribution in [3.8, 4) is 0 Å². The van der Waals surface area contributed by atoms with E-state index in [1.54, 1.807) is 0 Å². The maximum absolute atomic E-state index is 15.6. The SMILES string of the molecule is C[C@@H]1O[C@@H](O[C@H]2[C@H](OC(=O)[C@]34CCC(C)(C)C[C@H]3C3=CC[C@@H]5[C@@]6(C)C[C@H](O)[C@H](O[C@@H]7O[C@H](CO)[C@@H](O)[C@H](O)[C@H]7O)[C@@](C)(CO)[C@@H]6CC[C@@]5(C)[C@]3(C)CC4)O[C@H](CO[C@@H]3O[C@H](CO)[C@@H](O)[C@H](O)[C@H]3O)[C@@H](O)[C@@H]2O)[C@H](O)[C@H](O)[C@H]1O. The summed E-state index contributed by atoms with van der Waals surface area (Å²) < 4.78 is 47.7. The van der Waals surface area contributed by atoms with E-state index >= 15 is 4.79 Å². The van der Waals surface area contributed by atoms with Crippen molar-refractivity contribution in [2.75, 3.05) is 26.4 Å². The predicted octanol–water partition coefficient (Wildman–Crippen LogP) is -3.06. The highest BCUT2D eigenvalue weighted by Crippen LogP contribution is 2.76. The van der Waals surface area contributed by atoms with E-state index in [-0.39, 0.29) is 29.6 Å². The molecule has 0 bridgehead atoms. The Morgan fingerprint density at radius 2 is 1.14 bits per heavy atom. The quantitative estimate of drug-likeness (QED) is 0.0524. The molecular weight excluding hydrogens is 1030 g/mol. The van der Waals surface area contributed by atoms with Gasteiger partial charge in [0.1, 0.15) is 85.5 Å². The van der Waals surface area contributed by atoms with Crippen molar-refractivity contribution in [3.63, 3.8) is 0 Å². The van der Waals surface area contributed by atoms with Crippen molar-refractivity contribution < 1.29 is 119 Å².